The van der Waals surface area contributed by atoms with E-state index in [0.29, 0.717) is 18.1 Å². The molecule has 2 aromatic rings. The van der Waals surface area contributed by atoms with Gasteiger partial charge in [0.1, 0.15) is 0 Å². The Morgan fingerprint density at radius 2 is 1.21 bits per heavy atom. The van der Waals surface area contributed by atoms with Crippen LogP contribution in [0.1, 0.15) is 99.3 Å². The lowest BCUT2D eigenvalue weighted by Crippen LogP contribution is -2.17. The molecule has 180 valence electrons. The van der Waals surface area contributed by atoms with E-state index in [-0.39, 0.29) is 17.2 Å². The Kier molecular flexibility index (Phi) is 12.1. The molecule has 0 spiro atoms. The molecule has 0 aliphatic rings. The fraction of sp³-hybridized carbons (Fsp3) is 0.500. The molecule has 0 fully saturated rings. The van der Waals surface area contributed by atoms with Crippen molar-refractivity contribution in [3.8, 4) is 11.5 Å². The standard InChI is InChI=1S/C28H38O5/c1-4-5-6-7-8-9-10-11-16-21-31-27(29)23-17-12-13-18-24(23)28(30)33-26-20-15-14-19-25(26)32-22(2)3/h12-15,17-20,22H,4-11,16,21H2,1-3H3. The predicted molar refractivity (Wildman–Crippen MR) is 131 cm³/mol. The third-order valence-electron chi connectivity index (χ3n) is 5.26. The largest absolute Gasteiger partial charge is 0.487 e. The number of carbonyl (C=O) groups excluding carboxylic acids is 2. The minimum Gasteiger partial charge on any atom is -0.487 e. The van der Waals surface area contributed by atoms with Crippen LogP contribution in [-0.2, 0) is 4.74 Å². The molecule has 0 radical (unpaired) electrons. The van der Waals surface area contributed by atoms with Crippen molar-refractivity contribution in [2.45, 2.75) is 84.7 Å². The molecule has 0 heterocycles. The van der Waals surface area contributed by atoms with Crippen LogP contribution in [0.15, 0.2) is 48.5 Å². The van der Waals surface area contributed by atoms with Gasteiger partial charge < -0.3 is 14.2 Å². The number of rotatable bonds is 15. The smallest absolute Gasteiger partial charge is 0.344 e. The van der Waals surface area contributed by atoms with Gasteiger partial charge in [-0.25, -0.2) is 9.59 Å². The van der Waals surface area contributed by atoms with Gasteiger partial charge in [-0.05, 0) is 44.5 Å². The van der Waals surface area contributed by atoms with E-state index in [4.69, 9.17) is 14.2 Å². The normalized spacial score (nSPS) is 10.8. The van der Waals surface area contributed by atoms with Crippen LogP contribution in [0.2, 0.25) is 0 Å². The Hall–Kier alpha value is -2.82. The van der Waals surface area contributed by atoms with Crippen LogP contribution < -0.4 is 9.47 Å². The van der Waals surface area contributed by atoms with Gasteiger partial charge in [-0.3, -0.25) is 0 Å². The van der Waals surface area contributed by atoms with Crippen LogP contribution in [0.5, 0.6) is 11.5 Å². The maximum Gasteiger partial charge on any atom is 0.344 e. The van der Waals surface area contributed by atoms with Crippen molar-refractivity contribution in [2.24, 2.45) is 0 Å². The number of unbranched alkanes of at least 4 members (excludes halogenated alkanes) is 8. The molecule has 2 rings (SSSR count). The Morgan fingerprint density at radius 3 is 1.82 bits per heavy atom. The van der Waals surface area contributed by atoms with Crippen LogP contribution in [0, 0.1) is 0 Å². The zero-order valence-corrected chi connectivity index (χ0v) is 20.3. The highest BCUT2D eigenvalue weighted by Crippen LogP contribution is 2.28. The molecular formula is C28H38O5. The molecule has 2 aromatic carbocycles. The number of carbonyl (C=O) groups is 2. The average Bonchev–Trinajstić information content (AvgIpc) is 2.81. The average molecular weight is 455 g/mol. The van der Waals surface area contributed by atoms with Crippen LogP contribution in [0.4, 0.5) is 0 Å². The molecule has 0 amide bonds. The monoisotopic (exact) mass is 454 g/mol. The van der Waals surface area contributed by atoms with Gasteiger partial charge in [-0.2, -0.15) is 0 Å². The number of esters is 2. The topological polar surface area (TPSA) is 61.8 Å². The molecule has 5 heteroatoms. The highest BCUT2D eigenvalue weighted by Gasteiger charge is 2.21. The number of hydrogen-bond acceptors (Lipinski definition) is 5. The van der Waals surface area contributed by atoms with E-state index in [9.17, 15) is 9.59 Å². The first kappa shape index (κ1) is 26.4. The van der Waals surface area contributed by atoms with Gasteiger partial charge in [0.25, 0.3) is 0 Å². The van der Waals surface area contributed by atoms with Gasteiger partial charge in [0.2, 0.25) is 0 Å². The fourth-order valence-electron chi connectivity index (χ4n) is 3.54. The number of para-hydroxylation sites is 2. The van der Waals surface area contributed by atoms with Gasteiger partial charge in [0.05, 0.1) is 23.8 Å². The molecular weight excluding hydrogens is 416 g/mol. The summed E-state index contributed by atoms with van der Waals surface area (Å²) in [6, 6.07) is 13.6. The number of hydrogen-bond donors (Lipinski definition) is 0. The van der Waals surface area contributed by atoms with Gasteiger partial charge in [-0.1, -0.05) is 82.6 Å². The Bertz CT molecular complexity index is 859. The lowest BCUT2D eigenvalue weighted by Gasteiger charge is -2.14. The van der Waals surface area contributed by atoms with Crippen LogP contribution >= 0.6 is 0 Å². The van der Waals surface area contributed by atoms with Crippen molar-refractivity contribution in [1.82, 2.24) is 0 Å². The fourth-order valence-corrected chi connectivity index (χ4v) is 3.54. The third kappa shape index (κ3) is 9.68. The summed E-state index contributed by atoms with van der Waals surface area (Å²) >= 11 is 0. The summed E-state index contributed by atoms with van der Waals surface area (Å²) in [5, 5.41) is 0. The van der Waals surface area contributed by atoms with Crippen molar-refractivity contribution in [1.29, 1.82) is 0 Å². The van der Waals surface area contributed by atoms with Crippen molar-refractivity contribution in [2.75, 3.05) is 6.61 Å². The second-order valence-corrected chi connectivity index (χ2v) is 8.51. The zero-order valence-electron chi connectivity index (χ0n) is 20.3. The van der Waals surface area contributed by atoms with E-state index >= 15 is 0 Å². The summed E-state index contributed by atoms with van der Waals surface area (Å²) in [6.45, 7) is 6.38. The minimum absolute atomic E-state index is 0.0619. The lowest BCUT2D eigenvalue weighted by molar-refractivity contribution is 0.0489. The van der Waals surface area contributed by atoms with Crippen LogP contribution in [-0.4, -0.2) is 24.6 Å². The summed E-state index contributed by atoms with van der Waals surface area (Å²) in [5.74, 6) is -0.334. The van der Waals surface area contributed by atoms with Crippen molar-refractivity contribution in [3.63, 3.8) is 0 Å². The van der Waals surface area contributed by atoms with Crippen molar-refractivity contribution >= 4 is 11.9 Å². The second-order valence-electron chi connectivity index (χ2n) is 8.51. The summed E-state index contributed by atoms with van der Waals surface area (Å²) in [5.41, 5.74) is 0.384. The quantitative estimate of drug-likeness (QED) is 0.160. The molecule has 0 aliphatic carbocycles. The van der Waals surface area contributed by atoms with E-state index < -0.39 is 11.9 Å². The minimum atomic E-state index is -0.620. The maximum atomic E-state index is 12.8. The first-order valence-electron chi connectivity index (χ1n) is 12.3. The van der Waals surface area contributed by atoms with E-state index in [1.54, 1.807) is 42.5 Å². The molecule has 0 atom stereocenters. The molecule has 0 N–H and O–H groups in total. The first-order valence-corrected chi connectivity index (χ1v) is 12.3. The van der Waals surface area contributed by atoms with Crippen molar-refractivity contribution < 1.29 is 23.8 Å². The molecule has 33 heavy (non-hydrogen) atoms. The maximum absolute atomic E-state index is 12.8. The van der Waals surface area contributed by atoms with Gasteiger partial charge >= 0.3 is 11.9 Å². The lowest BCUT2D eigenvalue weighted by atomic mass is 10.1. The Morgan fingerprint density at radius 1 is 0.697 bits per heavy atom. The summed E-state index contributed by atoms with van der Waals surface area (Å²) in [4.78, 5) is 25.4. The molecule has 5 nitrogen and oxygen atoms in total. The SMILES string of the molecule is CCCCCCCCCCCOC(=O)c1ccccc1C(=O)Oc1ccccc1OC(C)C. The Labute approximate surface area is 198 Å². The van der Waals surface area contributed by atoms with Crippen LogP contribution in [0.25, 0.3) is 0 Å². The van der Waals surface area contributed by atoms with E-state index in [1.807, 2.05) is 19.9 Å². The molecule has 0 aromatic heterocycles. The molecule has 0 bridgehead atoms. The second kappa shape index (κ2) is 15.1. The molecule has 0 aliphatic heterocycles. The third-order valence-corrected chi connectivity index (χ3v) is 5.26. The summed E-state index contributed by atoms with van der Waals surface area (Å²) in [6.07, 6.45) is 10.7. The zero-order chi connectivity index (χ0) is 23.9. The number of ether oxygens (including phenoxy) is 3. The predicted octanol–water partition coefficient (Wildman–Crippen LogP) is 7.38. The highest BCUT2D eigenvalue weighted by molar-refractivity contribution is 6.03. The molecule has 0 unspecified atom stereocenters. The first-order chi connectivity index (χ1) is 16.0. The van der Waals surface area contributed by atoms with Crippen LogP contribution in [0.3, 0.4) is 0 Å². The summed E-state index contributed by atoms with van der Waals surface area (Å²) < 4.78 is 16.7. The Balaban J connectivity index is 1.84. The number of benzene rings is 2. The molecule has 0 saturated heterocycles. The van der Waals surface area contributed by atoms with E-state index in [2.05, 4.69) is 6.92 Å². The summed E-state index contributed by atoms with van der Waals surface area (Å²) in [7, 11) is 0. The van der Waals surface area contributed by atoms with E-state index in [1.165, 1.54) is 38.5 Å². The van der Waals surface area contributed by atoms with Crippen molar-refractivity contribution in [3.05, 3.63) is 59.7 Å². The highest BCUT2D eigenvalue weighted by atomic mass is 16.6. The van der Waals surface area contributed by atoms with Gasteiger partial charge in [0.15, 0.2) is 11.5 Å². The molecule has 0 saturated carbocycles. The van der Waals surface area contributed by atoms with Gasteiger partial charge in [0, 0.05) is 0 Å². The van der Waals surface area contributed by atoms with E-state index in [0.717, 1.165) is 19.3 Å². The van der Waals surface area contributed by atoms with Gasteiger partial charge in [-0.15, -0.1) is 0 Å².